The maximum atomic E-state index is 12.0. The number of carbonyl (C=O) groups excluding carboxylic acids is 1. The Morgan fingerprint density at radius 3 is 3.06 bits per heavy atom. The van der Waals surface area contributed by atoms with Crippen molar-refractivity contribution in [3.63, 3.8) is 0 Å². The first-order chi connectivity index (χ1) is 8.79. The Morgan fingerprint density at radius 1 is 1.39 bits per heavy atom. The SMILES string of the molecule is COc1cc2c(cc1C1CNCCC1=O)OCC2. The monoisotopic (exact) mass is 247 g/mol. The Bertz CT molecular complexity index is 484. The second-order valence-corrected chi connectivity index (χ2v) is 4.77. The van der Waals surface area contributed by atoms with E-state index in [9.17, 15) is 4.79 Å². The van der Waals surface area contributed by atoms with E-state index >= 15 is 0 Å². The predicted octanol–water partition coefficient (Wildman–Crippen LogP) is 1.28. The highest BCUT2D eigenvalue weighted by atomic mass is 16.5. The van der Waals surface area contributed by atoms with E-state index < -0.39 is 0 Å². The smallest absolute Gasteiger partial charge is 0.143 e. The molecule has 0 aliphatic carbocycles. The van der Waals surface area contributed by atoms with Crippen molar-refractivity contribution in [2.75, 3.05) is 26.8 Å². The number of benzene rings is 1. The van der Waals surface area contributed by atoms with Crippen molar-refractivity contribution in [2.45, 2.75) is 18.8 Å². The van der Waals surface area contributed by atoms with Crippen LogP contribution in [0.5, 0.6) is 11.5 Å². The Morgan fingerprint density at radius 2 is 2.28 bits per heavy atom. The third kappa shape index (κ3) is 1.86. The van der Waals surface area contributed by atoms with E-state index in [0.29, 0.717) is 13.0 Å². The highest BCUT2D eigenvalue weighted by Gasteiger charge is 2.28. The van der Waals surface area contributed by atoms with Gasteiger partial charge in [0.1, 0.15) is 17.3 Å². The van der Waals surface area contributed by atoms with Crippen LogP contribution in [0.1, 0.15) is 23.5 Å². The lowest BCUT2D eigenvalue weighted by Crippen LogP contribution is -2.35. The number of ketones is 1. The number of Topliss-reactive ketones (excluding diaryl/α,β-unsaturated/α-hetero) is 1. The van der Waals surface area contributed by atoms with Gasteiger partial charge in [0.25, 0.3) is 0 Å². The van der Waals surface area contributed by atoms with Gasteiger partial charge in [-0.15, -0.1) is 0 Å². The van der Waals surface area contributed by atoms with E-state index in [1.54, 1.807) is 7.11 Å². The van der Waals surface area contributed by atoms with E-state index in [1.165, 1.54) is 5.56 Å². The molecule has 2 aliphatic heterocycles. The summed E-state index contributed by atoms with van der Waals surface area (Å²) in [6, 6.07) is 4.00. The molecule has 1 atom stereocenters. The quantitative estimate of drug-likeness (QED) is 0.855. The molecule has 1 fully saturated rings. The molecule has 96 valence electrons. The first-order valence-electron chi connectivity index (χ1n) is 6.36. The standard InChI is InChI=1S/C14H17NO3/c1-17-14-6-9-3-5-18-13(9)7-10(14)11-8-15-4-2-12(11)16/h6-7,11,15H,2-5,8H2,1H3. The largest absolute Gasteiger partial charge is 0.496 e. The predicted molar refractivity (Wildman–Crippen MR) is 67.4 cm³/mol. The minimum absolute atomic E-state index is 0.108. The zero-order valence-corrected chi connectivity index (χ0v) is 10.5. The second kappa shape index (κ2) is 4.61. The normalized spacial score (nSPS) is 22.5. The minimum Gasteiger partial charge on any atom is -0.496 e. The van der Waals surface area contributed by atoms with Gasteiger partial charge in [0.05, 0.1) is 19.6 Å². The maximum Gasteiger partial charge on any atom is 0.143 e. The average Bonchev–Trinajstić information content (AvgIpc) is 2.85. The summed E-state index contributed by atoms with van der Waals surface area (Å²) in [7, 11) is 1.65. The van der Waals surface area contributed by atoms with Crippen LogP contribution in [0.25, 0.3) is 0 Å². The van der Waals surface area contributed by atoms with Gasteiger partial charge >= 0.3 is 0 Å². The number of carbonyl (C=O) groups is 1. The zero-order chi connectivity index (χ0) is 12.5. The van der Waals surface area contributed by atoms with Crippen molar-refractivity contribution in [1.29, 1.82) is 0 Å². The van der Waals surface area contributed by atoms with Gasteiger partial charge in [-0.1, -0.05) is 0 Å². The van der Waals surface area contributed by atoms with Crippen LogP contribution >= 0.6 is 0 Å². The number of fused-ring (bicyclic) bond motifs is 1. The van der Waals surface area contributed by atoms with Crippen molar-refractivity contribution in [2.24, 2.45) is 0 Å². The Balaban J connectivity index is 2.01. The van der Waals surface area contributed by atoms with E-state index in [2.05, 4.69) is 5.32 Å². The van der Waals surface area contributed by atoms with Gasteiger partial charge in [0.15, 0.2) is 0 Å². The van der Waals surface area contributed by atoms with Gasteiger partial charge in [0.2, 0.25) is 0 Å². The zero-order valence-electron chi connectivity index (χ0n) is 10.5. The molecule has 1 aromatic rings. The van der Waals surface area contributed by atoms with Crippen molar-refractivity contribution in [3.05, 3.63) is 23.3 Å². The molecule has 3 rings (SSSR count). The third-order valence-electron chi connectivity index (χ3n) is 3.70. The van der Waals surface area contributed by atoms with Gasteiger partial charge in [-0.3, -0.25) is 4.79 Å². The highest BCUT2D eigenvalue weighted by molar-refractivity contribution is 5.87. The van der Waals surface area contributed by atoms with Crippen LogP contribution < -0.4 is 14.8 Å². The van der Waals surface area contributed by atoms with Crippen LogP contribution in [0.4, 0.5) is 0 Å². The van der Waals surface area contributed by atoms with Gasteiger partial charge in [-0.05, 0) is 12.1 Å². The molecule has 0 saturated carbocycles. The molecule has 1 aromatic carbocycles. The number of hydrogen-bond acceptors (Lipinski definition) is 4. The molecular formula is C14H17NO3. The van der Waals surface area contributed by atoms with Crippen LogP contribution in [0.15, 0.2) is 12.1 Å². The first kappa shape index (κ1) is 11.5. The van der Waals surface area contributed by atoms with Crippen LogP contribution in [0.3, 0.4) is 0 Å². The van der Waals surface area contributed by atoms with Crippen LogP contribution in [0.2, 0.25) is 0 Å². The molecule has 0 aromatic heterocycles. The van der Waals surface area contributed by atoms with Crippen LogP contribution in [-0.2, 0) is 11.2 Å². The van der Waals surface area contributed by atoms with Gasteiger partial charge in [-0.2, -0.15) is 0 Å². The van der Waals surface area contributed by atoms with Crippen molar-refractivity contribution >= 4 is 5.78 Å². The number of ether oxygens (including phenoxy) is 2. The maximum absolute atomic E-state index is 12.0. The van der Waals surface area contributed by atoms with Gasteiger partial charge in [-0.25, -0.2) is 0 Å². The Hall–Kier alpha value is -1.55. The van der Waals surface area contributed by atoms with Gasteiger partial charge in [0, 0.05) is 37.1 Å². The summed E-state index contributed by atoms with van der Waals surface area (Å²) in [5.41, 5.74) is 2.13. The number of methoxy groups -OCH3 is 1. The fourth-order valence-electron chi connectivity index (χ4n) is 2.70. The fraction of sp³-hybridized carbons (Fsp3) is 0.500. The number of hydrogen-bond donors (Lipinski definition) is 1. The summed E-state index contributed by atoms with van der Waals surface area (Å²) in [4.78, 5) is 12.0. The van der Waals surface area contributed by atoms with Crippen molar-refractivity contribution in [1.82, 2.24) is 5.32 Å². The van der Waals surface area contributed by atoms with E-state index in [4.69, 9.17) is 9.47 Å². The fourth-order valence-corrected chi connectivity index (χ4v) is 2.70. The summed E-state index contributed by atoms with van der Waals surface area (Å²) in [5.74, 6) is 1.89. The highest BCUT2D eigenvalue weighted by Crippen LogP contribution is 2.37. The van der Waals surface area contributed by atoms with E-state index in [-0.39, 0.29) is 11.7 Å². The van der Waals surface area contributed by atoms with Crippen molar-refractivity contribution < 1.29 is 14.3 Å². The van der Waals surface area contributed by atoms with E-state index in [1.807, 2.05) is 12.1 Å². The first-order valence-corrected chi connectivity index (χ1v) is 6.36. The van der Waals surface area contributed by atoms with Crippen LogP contribution in [0, 0.1) is 0 Å². The summed E-state index contributed by atoms with van der Waals surface area (Å²) < 4.78 is 11.0. The second-order valence-electron chi connectivity index (χ2n) is 4.77. The molecule has 1 saturated heterocycles. The number of rotatable bonds is 2. The Kier molecular flexibility index (Phi) is 2.96. The molecule has 18 heavy (non-hydrogen) atoms. The summed E-state index contributed by atoms with van der Waals surface area (Å²) >= 11 is 0. The molecule has 2 aliphatic rings. The molecule has 0 radical (unpaired) electrons. The molecule has 0 bridgehead atoms. The molecule has 0 spiro atoms. The summed E-state index contributed by atoms with van der Waals surface area (Å²) in [6.07, 6.45) is 1.51. The molecule has 1 N–H and O–H groups in total. The average molecular weight is 247 g/mol. The lowest BCUT2D eigenvalue weighted by molar-refractivity contribution is -0.121. The molecule has 4 heteroatoms. The lowest BCUT2D eigenvalue weighted by Gasteiger charge is -2.24. The Labute approximate surface area is 106 Å². The summed E-state index contributed by atoms with van der Waals surface area (Å²) in [5, 5.41) is 3.27. The molecule has 4 nitrogen and oxygen atoms in total. The number of piperidine rings is 1. The summed E-state index contributed by atoms with van der Waals surface area (Å²) in [6.45, 7) is 2.19. The molecular weight excluding hydrogens is 230 g/mol. The molecule has 1 unspecified atom stereocenters. The molecule has 2 heterocycles. The third-order valence-corrected chi connectivity index (χ3v) is 3.70. The van der Waals surface area contributed by atoms with Gasteiger partial charge < -0.3 is 14.8 Å². The van der Waals surface area contributed by atoms with Crippen molar-refractivity contribution in [3.8, 4) is 11.5 Å². The van der Waals surface area contributed by atoms with E-state index in [0.717, 1.165) is 36.6 Å². The lowest BCUT2D eigenvalue weighted by atomic mass is 9.89. The minimum atomic E-state index is -0.108. The topological polar surface area (TPSA) is 47.6 Å². The van der Waals surface area contributed by atoms with Crippen LogP contribution in [-0.4, -0.2) is 32.6 Å². The molecule has 0 amide bonds. The number of nitrogens with one attached hydrogen (secondary N) is 1.